The molecule has 92 valence electrons. The molecule has 0 aromatic rings. The van der Waals surface area contributed by atoms with Crippen LogP contribution in [-0.4, -0.2) is 50.7 Å². The molecule has 0 bridgehead atoms. The zero-order chi connectivity index (χ0) is 11.5. The Morgan fingerprint density at radius 1 is 1.44 bits per heavy atom. The number of nitrogens with one attached hydrogen (secondary N) is 1. The van der Waals surface area contributed by atoms with E-state index in [4.69, 9.17) is 4.74 Å². The molecule has 1 heterocycles. The third-order valence-corrected chi connectivity index (χ3v) is 3.90. The molecule has 2 unspecified atom stereocenters. The summed E-state index contributed by atoms with van der Waals surface area (Å²) in [5.74, 6) is 0.989. The number of amides is 1. The lowest BCUT2D eigenvalue weighted by Gasteiger charge is -2.32. The van der Waals surface area contributed by atoms with Gasteiger partial charge in [-0.2, -0.15) is 0 Å². The van der Waals surface area contributed by atoms with Crippen molar-refractivity contribution in [2.24, 2.45) is 11.8 Å². The van der Waals surface area contributed by atoms with E-state index in [1.807, 2.05) is 19.0 Å². The smallest absolute Gasteiger partial charge is 0.229 e. The fourth-order valence-electron chi connectivity index (χ4n) is 2.52. The summed E-state index contributed by atoms with van der Waals surface area (Å²) in [4.78, 5) is 14.1. The first kappa shape index (κ1) is 11.9. The summed E-state index contributed by atoms with van der Waals surface area (Å²) in [5.41, 5.74) is 0. The minimum absolute atomic E-state index is 0.00933. The molecule has 2 aliphatic rings. The van der Waals surface area contributed by atoms with E-state index < -0.39 is 0 Å². The first-order valence-corrected chi connectivity index (χ1v) is 6.22. The van der Waals surface area contributed by atoms with Gasteiger partial charge in [-0.15, -0.1) is 0 Å². The number of nitrogens with zero attached hydrogens (tertiary/aromatic N) is 1. The summed E-state index contributed by atoms with van der Waals surface area (Å²) in [6.45, 7) is 2.15. The van der Waals surface area contributed by atoms with E-state index in [2.05, 4.69) is 5.32 Å². The van der Waals surface area contributed by atoms with E-state index in [0.717, 1.165) is 12.5 Å². The van der Waals surface area contributed by atoms with Gasteiger partial charge in [0.2, 0.25) is 5.91 Å². The van der Waals surface area contributed by atoms with Crippen molar-refractivity contribution in [3.63, 3.8) is 0 Å². The molecule has 1 aliphatic carbocycles. The van der Waals surface area contributed by atoms with Gasteiger partial charge in [-0.25, -0.2) is 0 Å². The average molecular weight is 226 g/mol. The second kappa shape index (κ2) is 5.15. The number of rotatable bonds is 4. The van der Waals surface area contributed by atoms with Crippen molar-refractivity contribution >= 4 is 5.91 Å². The summed E-state index contributed by atoms with van der Waals surface area (Å²) >= 11 is 0. The molecule has 0 aromatic heterocycles. The molecular formula is C12H22N2O2. The number of carbonyl (C=O) groups is 1. The first-order chi connectivity index (χ1) is 7.72. The van der Waals surface area contributed by atoms with Gasteiger partial charge in [0.05, 0.1) is 19.1 Å². The maximum absolute atomic E-state index is 12.2. The van der Waals surface area contributed by atoms with Crippen molar-refractivity contribution in [1.82, 2.24) is 10.2 Å². The Kier molecular flexibility index (Phi) is 3.82. The number of ether oxygens (including phenoxy) is 1. The summed E-state index contributed by atoms with van der Waals surface area (Å²) < 4.78 is 5.37. The van der Waals surface area contributed by atoms with Crippen LogP contribution in [0.2, 0.25) is 0 Å². The number of hydrogen-bond acceptors (Lipinski definition) is 3. The van der Waals surface area contributed by atoms with Crippen LogP contribution in [-0.2, 0) is 9.53 Å². The molecule has 2 rings (SSSR count). The maximum atomic E-state index is 12.2. The van der Waals surface area contributed by atoms with Gasteiger partial charge in [-0.3, -0.25) is 4.79 Å². The minimum Gasteiger partial charge on any atom is -0.379 e. The predicted octanol–water partition coefficient (Wildman–Crippen LogP) is 0.479. The second-order valence-electron chi connectivity index (χ2n) is 5.05. The molecule has 2 fully saturated rings. The maximum Gasteiger partial charge on any atom is 0.229 e. The minimum atomic E-state index is 0.00933. The Bertz CT molecular complexity index is 253. The Hall–Kier alpha value is -0.610. The van der Waals surface area contributed by atoms with Crippen LogP contribution in [0, 0.1) is 11.8 Å². The highest BCUT2D eigenvalue weighted by Crippen LogP contribution is 2.27. The van der Waals surface area contributed by atoms with Crippen LogP contribution in [0.4, 0.5) is 0 Å². The van der Waals surface area contributed by atoms with Gasteiger partial charge in [0, 0.05) is 19.6 Å². The predicted molar refractivity (Wildman–Crippen MR) is 62.1 cm³/mol. The van der Waals surface area contributed by atoms with Crippen LogP contribution in [0.15, 0.2) is 0 Å². The largest absolute Gasteiger partial charge is 0.379 e. The molecular weight excluding hydrogens is 204 g/mol. The Morgan fingerprint density at radius 2 is 2.19 bits per heavy atom. The molecule has 1 amide bonds. The number of carbonyl (C=O) groups excluding carboxylic acids is 1. The lowest BCUT2D eigenvalue weighted by Crippen LogP contribution is -2.45. The molecule has 16 heavy (non-hydrogen) atoms. The van der Waals surface area contributed by atoms with Gasteiger partial charge in [-0.1, -0.05) is 6.42 Å². The van der Waals surface area contributed by atoms with Gasteiger partial charge >= 0.3 is 0 Å². The highest BCUT2D eigenvalue weighted by atomic mass is 16.5. The zero-order valence-corrected chi connectivity index (χ0v) is 10.2. The number of likely N-dealkylation sites (N-methyl/N-ethyl adjacent to an activating group) is 1. The van der Waals surface area contributed by atoms with E-state index in [9.17, 15) is 4.79 Å². The van der Waals surface area contributed by atoms with Gasteiger partial charge in [-0.05, 0) is 25.8 Å². The van der Waals surface area contributed by atoms with Crippen LogP contribution >= 0.6 is 0 Å². The van der Waals surface area contributed by atoms with Crippen LogP contribution < -0.4 is 5.32 Å². The Labute approximate surface area is 97.3 Å². The van der Waals surface area contributed by atoms with E-state index in [1.165, 1.54) is 19.3 Å². The van der Waals surface area contributed by atoms with Gasteiger partial charge in [0.15, 0.2) is 0 Å². The van der Waals surface area contributed by atoms with E-state index in [1.54, 1.807) is 0 Å². The first-order valence-electron chi connectivity index (χ1n) is 6.22. The molecule has 0 aromatic carbocycles. The standard InChI is InChI=1S/C12H22N2O2/c1-13-11-8-16-7-10(11)12(15)14(2)6-9-4-3-5-9/h9-11,13H,3-8H2,1-2H3. The Balaban J connectivity index is 1.84. The summed E-state index contributed by atoms with van der Waals surface area (Å²) in [7, 11) is 3.82. The average Bonchev–Trinajstić information content (AvgIpc) is 2.69. The fraction of sp³-hybridized carbons (Fsp3) is 0.917. The zero-order valence-electron chi connectivity index (χ0n) is 10.2. The van der Waals surface area contributed by atoms with Gasteiger partial charge < -0.3 is 15.0 Å². The van der Waals surface area contributed by atoms with Crippen molar-refractivity contribution < 1.29 is 9.53 Å². The van der Waals surface area contributed by atoms with Crippen LogP contribution in [0.25, 0.3) is 0 Å². The van der Waals surface area contributed by atoms with Gasteiger partial charge in [0.25, 0.3) is 0 Å². The molecule has 4 nitrogen and oxygen atoms in total. The number of hydrogen-bond donors (Lipinski definition) is 1. The van der Waals surface area contributed by atoms with Crippen molar-refractivity contribution in [2.45, 2.75) is 25.3 Å². The van der Waals surface area contributed by atoms with E-state index >= 15 is 0 Å². The highest BCUT2D eigenvalue weighted by Gasteiger charge is 2.35. The topological polar surface area (TPSA) is 41.6 Å². The monoisotopic (exact) mass is 226 g/mol. The van der Waals surface area contributed by atoms with E-state index in [-0.39, 0.29) is 17.9 Å². The molecule has 1 saturated carbocycles. The molecule has 1 N–H and O–H groups in total. The molecule has 0 spiro atoms. The molecule has 4 heteroatoms. The molecule has 1 saturated heterocycles. The second-order valence-corrected chi connectivity index (χ2v) is 5.05. The van der Waals surface area contributed by atoms with Crippen molar-refractivity contribution in [2.75, 3.05) is 33.9 Å². The van der Waals surface area contributed by atoms with Crippen molar-refractivity contribution in [3.05, 3.63) is 0 Å². The summed E-state index contributed by atoms with van der Waals surface area (Å²) in [6.07, 6.45) is 3.90. The van der Waals surface area contributed by atoms with Crippen LogP contribution in [0.1, 0.15) is 19.3 Å². The quantitative estimate of drug-likeness (QED) is 0.758. The van der Waals surface area contributed by atoms with Gasteiger partial charge in [0.1, 0.15) is 0 Å². The van der Waals surface area contributed by atoms with Crippen molar-refractivity contribution in [3.8, 4) is 0 Å². The van der Waals surface area contributed by atoms with Crippen LogP contribution in [0.5, 0.6) is 0 Å². The van der Waals surface area contributed by atoms with Crippen molar-refractivity contribution in [1.29, 1.82) is 0 Å². The highest BCUT2D eigenvalue weighted by molar-refractivity contribution is 5.79. The fourth-order valence-corrected chi connectivity index (χ4v) is 2.52. The SMILES string of the molecule is CNC1COCC1C(=O)N(C)CC1CCC1. The Morgan fingerprint density at radius 3 is 2.75 bits per heavy atom. The molecule has 2 atom stereocenters. The third-order valence-electron chi connectivity index (χ3n) is 3.90. The summed E-state index contributed by atoms with van der Waals surface area (Å²) in [6, 6.07) is 0.191. The van der Waals surface area contributed by atoms with Crippen LogP contribution in [0.3, 0.4) is 0 Å². The molecule has 0 radical (unpaired) electrons. The summed E-state index contributed by atoms with van der Waals surface area (Å²) in [5, 5.41) is 3.16. The third kappa shape index (κ3) is 2.38. The molecule has 1 aliphatic heterocycles. The lowest BCUT2D eigenvalue weighted by atomic mass is 9.85. The lowest BCUT2D eigenvalue weighted by molar-refractivity contribution is -0.135. The normalized spacial score (nSPS) is 30.1. The van der Waals surface area contributed by atoms with E-state index in [0.29, 0.717) is 13.2 Å².